The van der Waals surface area contributed by atoms with E-state index in [2.05, 4.69) is 26.2 Å². The molecule has 11 heteroatoms. The van der Waals surface area contributed by atoms with Gasteiger partial charge in [-0.15, -0.1) is 0 Å². The van der Waals surface area contributed by atoms with Crippen molar-refractivity contribution in [1.82, 2.24) is 31.1 Å². The number of aliphatic hydroxyl groups excluding tert-OH is 1. The fraction of sp³-hybridized carbons (Fsp3) is 0.929. The predicted molar refractivity (Wildman–Crippen MR) is 147 cm³/mol. The lowest BCUT2D eigenvalue weighted by molar-refractivity contribution is -0.135. The van der Waals surface area contributed by atoms with Crippen molar-refractivity contribution in [2.24, 2.45) is 17.8 Å². The molecule has 5 fully saturated rings. The van der Waals surface area contributed by atoms with Crippen molar-refractivity contribution in [2.45, 2.75) is 82.4 Å². The van der Waals surface area contributed by atoms with Crippen molar-refractivity contribution in [1.29, 1.82) is 0 Å². The van der Waals surface area contributed by atoms with Gasteiger partial charge in [0, 0.05) is 57.6 Å². The van der Waals surface area contributed by atoms with Gasteiger partial charge in [0.2, 0.25) is 11.8 Å². The summed E-state index contributed by atoms with van der Waals surface area (Å²) in [5.74, 6) is 1.55. The normalized spacial score (nSPS) is 34.8. The second-order valence-electron chi connectivity index (χ2n) is 12.4. The maximum atomic E-state index is 12.9. The molecule has 39 heavy (non-hydrogen) atoms. The van der Waals surface area contributed by atoms with Gasteiger partial charge in [0.05, 0.1) is 37.8 Å². The molecule has 11 nitrogen and oxygen atoms in total. The van der Waals surface area contributed by atoms with Gasteiger partial charge >= 0.3 is 0 Å². The van der Waals surface area contributed by atoms with Crippen LogP contribution in [0, 0.1) is 17.8 Å². The van der Waals surface area contributed by atoms with Gasteiger partial charge in [0.15, 0.2) is 0 Å². The summed E-state index contributed by atoms with van der Waals surface area (Å²) >= 11 is 0. The van der Waals surface area contributed by atoms with Crippen molar-refractivity contribution in [3.8, 4) is 0 Å². The molecular formula is C28H50N6O5. The van der Waals surface area contributed by atoms with Crippen molar-refractivity contribution >= 4 is 11.8 Å². The van der Waals surface area contributed by atoms with Crippen LogP contribution in [0.5, 0.6) is 0 Å². The van der Waals surface area contributed by atoms with Crippen LogP contribution in [-0.4, -0.2) is 123 Å². The van der Waals surface area contributed by atoms with Gasteiger partial charge in [0.1, 0.15) is 0 Å². The Bertz CT molecular complexity index is 807. The molecule has 0 aromatic heterocycles. The number of hydrogen-bond acceptors (Lipinski definition) is 9. The summed E-state index contributed by atoms with van der Waals surface area (Å²) < 4.78 is 11.8. The quantitative estimate of drug-likeness (QED) is 0.230. The van der Waals surface area contributed by atoms with E-state index in [-0.39, 0.29) is 36.0 Å². The lowest BCUT2D eigenvalue weighted by Gasteiger charge is -2.44. The predicted octanol–water partition coefficient (Wildman–Crippen LogP) is -0.547. The number of β-amino-alcohol motifs (C(OH)–C–C–N with tert-alkyl or cyclic N) is 1. The van der Waals surface area contributed by atoms with Crippen LogP contribution in [0.15, 0.2) is 0 Å². The SMILES string of the molecule is CCC(=O)N1CC(NC2CC(C(=O)NC[C@H](O)CN3CCC4CC(OCC5CNCO5)CCC4C3)CCN2)C1. The zero-order valence-corrected chi connectivity index (χ0v) is 23.6. The number of nitrogens with one attached hydrogen (secondary N) is 4. The molecule has 2 amide bonds. The molecule has 5 aliphatic rings. The van der Waals surface area contributed by atoms with Crippen LogP contribution >= 0.6 is 0 Å². The fourth-order valence-corrected chi connectivity index (χ4v) is 7.08. The first-order chi connectivity index (χ1) is 19.0. The molecule has 5 rings (SSSR count). The minimum Gasteiger partial charge on any atom is -0.390 e. The van der Waals surface area contributed by atoms with Gasteiger partial charge < -0.3 is 35.0 Å². The monoisotopic (exact) mass is 550 g/mol. The lowest BCUT2D eigenvalue weighted by Crippen LogP contribution is -2.64. The maximum absolute atomic E-state index is 12.9. The average molecular weight is 551 g/mol. The lowest BCUT2D eigenvalue weighted by atomic mass is 9.74. The van der Waals surface area contributed by atoms with Gasteiger partial charge in [-0.2, -0.15) is 0 Å². The van der Waals surface area contributed by atoms with Crippen LogP contribution in [-0.2, 0) is 19.1 Å². The zero-order chi connectivity index (χ0) is 27.2. The zero-order valence-electron chi connectivity index (χ0n) is 23.6. The Morgan fingerprint density at radius 1 is 1.13 bits per heavy atom. The highest BCUT2D eigenvalue weighted by molar-refractivity contribution is 5.79. The number of likely N-dealkylation sites (tertiary alicyclic amines) is 2. The van der Waals surface area contributed by atoms with Crippen LogP contribution in [0.4, 0.5) is 0 Å². The highest BCUT2D eigenvalue weighted by Gasteiger charge is 2.37. The van der Waals surface area contributed by atoms with Crippen LogP contribution in [0.2, 0.25) is 0 Å². The maximum Gasteiger partial charge on any atom is 0.223 e. The number of piperidine rings is 2. The summed E-state index contributed by atoms with van der Waals surface area (Å²) in [4.78, 5) is 28.9. The molecule has 222 valence electrons. The molecule has 1 aliphatic carbocycles. The number of carbonyl (C=O) groups is 2. The molecular weight excluding hydrogens is 500 g/mol. The van der Waals surface area contributed by atoms with Gasteiger partial charge in [-0.25, -0.2) is 0 Å². The van der Waals surface area contributed by atoms with E-state index in [4.69, 9.17) is 9.47 Å². The molecule has 4 saturated heterocycles. The Morgan fingerprint density at radius 2 is 2.00 bits per heavy atom. The van der Waals surface area contributed by atoms with Crippen LogP contribution < -0.4 is 21.3 Å². The second kappa shape index (κ2) is 14.0. The van der Waals surface area contributed by atoms with E-state index in [9.17, 15) is 14.7 Å². The summed E-state index contributed by atoms with van der Waals surface area (Å²) in [5, 5.41) is 24.0. The third-order valence-electron chi connectivity index (χ3n) is 9.44. The Hall–Kier alpha value is -1.34. The summed E-state index contributed by atoms with van der Waals surface area (Å²) in [5.41, 5.74) is 0. The van der Waals surface area contributed by atoms with E-state index in [1.165, 1.54) is 6.42 Å². The molecule has 5 N–H and O–H groups in total. The van der Waals surface area contributed by atoms with E-state index >= 15 is 0 Å². The molecule has 0 aromatic rings. The van der Waals surface area contributed by atoms with E-state index in [0.29, 0.717) is 50.8 Å². The molecule has 0 bridgehead atoms. The Labute approximate surface area is 233 Å². The smallest absolute Gasteiger partial charge is 0.223 e. The number of amides is 2. The molecule has 4 aliphatic heterocycles. The fourth-order valence-electron chi connectivity index (χ4n) is 7.08. The van der Waals surface area contributed by atoms with Crippen molar-refractivity contribution < 1.29 is 24.2 Å². The number of nitrogens with zero attached hydrogens (tertiary/aromatic N) is 2. The summed E-state index contributed by atoms with van der Waals surface area (Å²) in [6.45, 7) is 9.32. The summed E-state index contributed by atoms with van der Waals surface area (Å²) in [7, 11) is 0. The highest BCUT2D eigenvalue weighted by atomic mass is 16.5. The third-order valence-corrected chi connectivity index (χ3v) is 9.44. The Kier molecular flexibility index (Phi) is 10.5. The second-order valence-corrected chi connectivity index (χ2v) is 12.4. The number of rotatable bonds is 11. The number of aliphatic hydroxyl groups is 1. The highest BCUT2D eigenvalue weighted by Crippen LogP contribution is 2.37. The number of ether oxygens (including phenoxy) is 2. The van der Waals surface area contributed by atoms with Crippen LogP contribution in [0.3, 0.4) is 0 Å². The number of fused-ring (bicyclic) bond motifs is 1. The Balaban J connectivity index is 0.953. The topological polar surface area (TPSA) is 127 Å². The van der Waals surface area contributed by atoms with Crippen LogP contribution in [0.25, 0.3) is 0 Å². The van der Waals surface area contributed by atoms with Crippen molar-refractivity contribution in [3.63, 3.8) is 0 Å². The van der Waals surface area contributed by atoms with E-state index in [0.717, 1.165) is 71.4 Å². The molecule has 0 spiro atoms. The Morgan fingerprint density at radius 3 is 2.79 bits per heavy atom. The van der Waals surface area contributed by atoms with E-state index in [1.807, 2.05) is 11.8 Å². The van der Waals surface area contributed by atoms with Crippen molar-refractivity contribution in [2.75, 3.05) is 65.7 Å². The van der Waals surface area contributed by atoms with Gasteiger partial charge in [-0.05, 0) is 63.5 Å². The molecule has 6 unspecified atom stereocenters. The van der Waals surface area contributed by atoms with E-state index < -0.39 is 6.10 Å². The van der Waals surface area contributed by atoms with Gasteiger partial charge in [0.25, 0.3) is 0 Å². The minimum atomic E-state index is -0.558. The molecule has 1 saturated carbocycles. The molecule has 4 heterocycles. The first-order valence-corrected chi connectivity index (χ1v) is 15.4. The number of carbonyl (C=O) groups excluding carboxylic acids is 2. The largest absolute Gasteiger partial charge is 0.390 e. The third kappa shape index (κ3) is 8.12. The first kappa shape index (κ1) is 29.2. The average Bonchev–Trinajstić information content (AvgIpc) is 3.46. The summed E-state index contributed by atoms with van der Waals surface area (Å²) in [6, 6.07) is 0.289. The van der Waals surface area contributed by atoms with Gasteiger partial charge in [-0.3, -0.25) is 20.2 Å². The van der Waals surface area contributed by atoms with Gasteiger partial charge in [-0.1, -0.05) is 6.92 Å². The molecule has 0 radical (unpaired) electrons. The molecule has 7 atom stereocenters. The molecule has 0 aromatic carbocycles. The number of hydrogen-bond donors (Lipinski definition) is 5. The first-order valence-electron chi connectivity index (χ1n) is 15.4. The van der Waals surface area contributed by atoms with Crippen LogP contribution in [0.1, 0.15) is 51.9 Å². The van der Waals surface area contributed by atoms with Crippen molar-refractivity contribution in [3.05, 3.63) is 0 Å². The standard InChI is InChI=1S/C28H50N6O5/c1-2-27(36)34-14-22(15-34)32-26-10-20(5-7-30-26)28(37)31-11-23(35)16-33-8-6-19-9-24(4-3-21(19)13-33)38-17-25-12-29-18-39-25/h19-26,29-30,32,35H,2-18H2,1H3,(H,31,37)/t19?,20?,21?,23-,24?,25?,26?/m0/s1. The summed E-state index contributed by atoms with van der Waals surface area (Å²) in [6.07, 6.45) is 6.72. The van der Waals surface area contributed by atoms with E-state index in [1.54, 1.807) is 0 Å². The minimum absolute atomic E-state index is 0.0366.